The Kier molecular flexibility index (Phi) is 6.91. The van der Waals surface area contributed by atoms with E-state index in [0.29, 0.717) is 12.1 Å². The fraction of sp³-hybridized carbons (Fsp3) is 0.250. The van der Waals surface area contributed by atoms with Gasteiger partial charge in [0.05, 0.1) is 12.0 Å². The lowest BCUT2D eigenvalue weighted by molar-refractivity contribution is -0.126. The third-order valence-electron chi connectivity index (χ3n) is 3.84. The Balaban J connectivity index is 1.97. The van der Waals surface area contributed by atoms with Gasteiger partial charge >= 0.3 is 5.97 Å². The number of aromatic carboxylic acids is 1. The maximum atomic E-state index is 12.5. The lowest BCUT2D eigenvalue weighted by atomic mass is 10.1. The second kappa shape index (κ2) is 9.36. The van der Waals surface area contributed by atoms with Gasteiger partial charge in [-0.25, -0.2) is 4.79 Å². The molecule has 0 aromatic heterocycles. The summed E-state index contributed by atoms with van der Waals surface area (Å²) in [6.07, 6.45) is 1.46. The molecule has 0 saturated heterocycles. The highest BCUT2D eigenvalue weighted by atomic mass is 16.4. The molecule has 0 bridgehead atoms. The van der Waals surface area contributed by atoms with E-state index < -0.39 is 12.0 Å². The van der Waals surface area contributed by atoms with Crippen LogP contribution in [0.25, 0.3) is 0 Å². The van der Waals surface area contributed by atoms with Crippen molar-refractivity contribution in [2.24, 2.45) is 0 Å². The van der Waals surface area contributed by atoms with Crippen LogP contribution in [0.5, 0.6) is 0 Å². The first-order valence-corrected chi connectivity index (χ1v) is 8.47. The number of amides is 2. The van der Waals surface area contributed by atoms with Crippen LogP contribution in [-0.2, 0) is 16.0 Å². The molecular formula is C20H22N2O4. The second-order valence-electron chi connectivity index (χ2n) is 5.94. The van der Waals surface area contributed by atoms with Crippen LogP contribution in [0, 0.1) is 0 Å². The number of carboxylic acid groups (broad SMARTS) is 1. The van der Waals surface area contributed by atoms with E-state index in [-0.39, 0.29) is 23.8 Å². The Morgan fingerprint density at radius 3 is 2.23 bits per heavy atom. The van der Waals surface area contributed by atoms with Crippen LogP contribution in [0.15, 0.2) is 54.6 Å². The molecule has 0 aliphatic heterocycles. The van der Waals surface area contributed by atoms with Gasteiger partial charge in [-0.05, 0) is 36.2 Å². The third kappa shape index (κ3) is 5.73. The van der Waals surface area contributed by atoms with Gasteiger partial charge in [0.25, 0.3) is 0 Å². The molecule has 2 rings (SSSR count). The number of anilines is 1. The number of carboxylic acids is 1. The Labute approximate surface area is 152 Å². The van der Waals surface area contributed by atoms with Gasteiger partial charge in [0.15, 0.2) is 0 Å². The van der Waals surface area contributed by atoms with E-state index in [0.717, 1.165) is 12.0 Å². The van der Waals surface area contributed by atoms with Crippen molar-refractivity contribution >= 4 is 23.5 Å². The summed E-state index contributed by atoms with van der Waals surface area (Å²) in [4.78, 5) is 35.5. The molecule has 3 N–H and O–H groups in total. The molecule has 136 valence electrons. The zero-order valence-electron chi connectivity index (χ0n) is 14.6. The molecule has 6 nitrogen and oxygen atoms in total. The number of nitrogens with one attached hydrogen (secondary N) is 2. The van der Waals surface area contributed by atoms with Crippen molar-refractivity contribution in [3.63, 3.8) is 0 Å². The molecule has 0 aliphatic carbocycles. The van der Waals surface area contributed by atoms with Crippen molar-refractivity contribution in [3.8, 4) is 0 Å². The second-order valence-corrected chi connectivity index (χ2v) is 5.94. The summed E-state index contributed by atoms with van der Waals surface area (Å²) in [6, 6.07) is 14.6. The molecule has 6 heteroatoms. The van der Waals surface area contributed by atoms with Crippen LogP contribution in [0.4, 0.5) is 5.69 Å². The Bertz CT molecular complexity index is 757. The van der Waals surface area contributed by atoms with E-state index in [1.54, 1.807) is 0 Å². The predicted octanol–water partition coefficient (Wildman–Crippen LogP) is 2.85. The zero-order valence-corrected chi connectivity index (χ0v) is 14.6. The van der Waals surface area contributed by atoms with Gasteiger partial charge in [0, 0.05) is 5.69 Å². The number of benzene rings is 2. The average Bonchev–Trinajstić information content (AvgIpc) is 2.62. The highest BCUT2D eigenvalue weighted by Gasteiger charge is 2.20. The summed E-state index contributed by atoms with van der Waals surface area (Å²) in [6.45, 7) is 1.94. The van der Waals surface area contributed by atoms with Gasteiger partial charge in [0.2, 0.25) is 11.8 Å². The molecule has 0 heterocycles. The minimum absolute atomic E-state index is 0.143. The molecule has 1 unspecified atom stereocenters. The average molecular weight is 354 g/mol. The lowest BCUT2D eigenvalue weighted by Crippen LogP contribution is -2.44. The maximum Gasteiger partial charge on any atom is 0.335 e. The number of rotatable bonds is 8. The van der Waals surface area contributed by atoms with E-state index in [4.69, 9.17) is 5.11 Å². The molecular weight excluding hydrogens is 332 g/mol. The van der Waals surface area contributed by atoms with Crippen LogP contribution in [-0.4, -0.2) is 28.9 Å². The van der Waals surface area contributed by atoms with Gasteiger partial charge in [-0.2, -0.15) is 0 Å². The summed E-state index contributed by atoms with van der Waals surface area (Å²) in [5.41, 5.74) is 1.51. The normalized spacial score (nSPS) is 11.4. The molecule has 2 amide bonds. The first kappa shape index (κ1) is 19.2. The SMILES string of the molecule is CCCC(NC(=O)Cc1ccccc1)C(=O)Nc1ccc(C(=O)O)cc1. The van der Waals surface area contributed by atoms with Crippen molar-refractivity contribution in [1.29, 1.82) is 0 Å². The fourth-order valence-electron chi connectivity index (χ4n) is 2.51. The van der Waals surface area contributed by atoms with E-state index in [1.165, 1.54) is 24.3 Å². The molecule has 1 atom stereocenters. The Morgan fingerprint density at radius 1 is 1.00 bits per heavy atom. The van der Waals surface area contributed by atoms with Gasteiger partial charge in [0.1, 0.15) is 6.04 Å². The fourth-order valence-corrected chi connectivity index (χ4v) is 2.51. The Morgan fingerprint density at radius 2 is 1.65 bits per heavy atom. The van der Waals surface area contributed by atoms with Crippen LogP contribution >= 0.6 is 0 Å². The number of carbonyl (C=O) groups is 3. The summed E-state index contributed by atoms with van der Waals surface area (Å²) in [7, 11) is 0. The minimum Gasteiger partial charge on any atom is -0.478 e. The molecule has 26 heavy (non-hydrogen) atoms. The molecule has 0 aliphatic rings. The summed E-state index contributed by atoms with van der Waals surface area (Å²) < 4.78 is 0. The summed E-state index contributed by atoms with van der Waals surface area (Å²) in [5.74, 6) is -1.57. The Hall–Kier alpha value is -3.15. The van der Waals surface area contributed by atoms with Crippen molar-refractivity contribution in [1.82, 2.24) is 5.32 Å². The van der Waals surface area contributed by atoms with Gasteiger partial charge in [-0.1, -0.05) is 43.7 Å². The molecule has 2 aromatic rings. The zero-order chi connectivity index (χ0) is 18.9. The van der Waals surface area contributed by atoms with Gasteiger partial charge in [-0.15, -0.1) is 0 Å². The number of carbonyl (C=O) groups excluding carboxylic acids is 2. The summed E-state index contributed by atoms with van der Waals surface area (Å²) in [5, 5.41) is 14.4. The summed E-state index contributed by atoms with van der Waals surface area (Å²) >= 11 is 0. The topological polar surface area (TPSA) is 95.5 Å². The molecule has 2 aromatic carbocycles. The maximum absolute atomic E-state index is 12.5. The van der Waals surface area contributed by atoms with Crippen molar-refractivity contribution < 1.29 is 19.5 Å². The van der Waals surface area contributed by atoms with E-state index in [9.17, 15) is 14.4 Å². The highest BCUT2D eigenvalue weighted by Crippen LogP contribution is 2.11. The monoisotopic (exact) mass is 354 g/mol. The van der Waals surface area contributed by atoms with Crippen LogP contribution in [0.2, 0.25) is 0 Å². The minimum atomic E-state index is -1.03. The first-order valence-electron chi connectivity index (χ1n) is 8.47. The molecule has 0 spiro atoms. The van der Waals surface area contributed by atoms with E-state index >= 15 is 0 Å². The molecule has 0 fully saturated rings. The lowest BCUT2D eigenvalue weighted by Gasteiger charge is -2.18. The van der Waals surface area contributed by atoms with Crippen molar-refractivity contribution in [3.05, 3.63) is 65.7 Å². The number of hydrogen-bond donors (Lipinski definition) is 3. The van der Waals surface area contributed by atoms with Crippen molar-refractivity contribution in [2.45, 2.75) is 32.2 Å². The highest BCUT2D eigenvalue weighted by molar-refractivity contribution is 5.97. The number of hydrogen-bond acceptors (Lipinski definition) is 3. The van der Waals surface area contributed by atoms with Crippen LogP contribution in [0.1, 0.15) is 35.7 Å². The predicted molar refractivity (Wildman–Crippen MR) is 99.0 cm³/mol. The standard InChI is InChI=1S/C20H22N2O4/c1-2-6-17(22-18(23)13-14-7-4-3-5-8-14)19(24)21-16-11-9-15(10-12-16)20(25)26/h3-5,7-12,17H,2,6,13H2,1H3,(H,21,24)(H,22,23)(H,25,26). The van der Waals surface area contributed by atoms with Gasteiger partial charge < -0.3 is 15.7 Å². The molecule has 0 radical (unpaired) electrons. The smallest absolute Gasteiger partial charge is 0.335 e. The first-order chi connectivity index (χ1) is 12.5. The van der Waals surface area contributed by atoms with Crippen molar-refractivity contribution in [2.75, 3.05) is 5.32 Å². The third-order valence-corrected chi connectivity index (χ3v) is 3.84. The van der Waals surface area contributed by atoms with Gasteiger partial charge in [-0.3, -0.25) is 9.59 Å². The molecule has 0 saturated carbocycles. The largest absolute Gasteiger partial charge is 0.478 e. The van der Waals surface area contributed by atoms with Crippen LogP contribution in [0.3, 0.4) is 0 Å². The quantitative estimate of drug-likeness (QED) is 0.679. The van der Waals surface area contributed by atoms with Crippen LogP contribution < -0.4 is 10.6 Å². The van der Waals surface area contributed by atoms with E-state index in [2.05, 4.69) is 10.6 Å². The van der Waals surface area contributed by atoms with E-state index in [1.807, 2.05) is 37.3 Å².